The Balaban J connectivity index is 2.11. The number of rotatable bonds is 3. The fourth-order valence-corrected chi connectivity index (χ4v) is 2.20. The molecule has 5 nitrogen and oxygen atoms in total. The summed E-state index contributed by atoms with van der Waals surface area (Å²) in [4.78, 5) is 0. The van der Waals surface area contributed by atoms with Crippen LogP contribution in [0, 0.1) is 0 Å². The molecule has 1 N–H and O–H groups in total. The summed E-state index contributed by atoms with van der Waals surface area (Å²) >= 11 is 0. The van der Waals surface area contributed by atoms with E-state index in [9.17, 15) is 8.42 Å². The van der Waals surface area contributed by atoms with Crippen molar-refractivity contribution in [2.75, 3.05) is 11.7 Å². The first-order valence-electron chi connectivity index (χ1n) is 5.58. The summed E-state index contributed by atoms with van der Waals surface area (Å²) in [5.74, 6) is 0. The maximum atomic E-state index is 11.0. The predicted octanol–water partition coefficient (Wildman–Crippen LogP) is 2.89. The minimum Gasteiger partial charge on any atom is -0.461 e. The summed E-state index contributed by atoms with van der Waals surface area (Å²) in [5, 5.41) is 2.79. The van der Waals surface area contributed by atoms with Crippen LogP contribution in [0.15, 0.2) is 47.1 Å². The molecule has 0 spiro atoms. The highest BCUT2D eigenvalue weighted by atomic mass is 32.2. The average molecular weight is 277 g/mol. The lowest BCUT2D eigenvalue weighted by molar-refractivity contribution is 0.395. The van der Waals surface area contributed by atoms with E-state index in [2.05, 4.69) is 9.76 Å². The molecule has 0 saturated heterocycles. The lowest BCUT2D eigenvalue weighted by Gasteiger charge is -2.02. The minimum absolute atomic E-state index is 0.478. The molecule has 0 aliphatic heterocycles. The van der Waals surface area contributed by atoms with Crippen molar-refractivity contribution < 1.29 is 17.1 Å². The van der Waals surface area contributed by atoms with Gasteiger partial charge in [0.25, 0.3) is 10.1 Å². The molecular weight excluding hydrogens is 266 g/mol. The molecule has 0 saturated carbocycles. The van der Waals surface area contributed by atoms with Crippen LogP contribution < -0.4 is 5.48 Å². The Hall–Kier alpha value is -2.05. The second kappa shape index (κ2) is 4.25. The first kappa shape index (κ1) is 12.0. The first-order chi connectivity index (χ1) is 9.04. The van der Waals surface area contributed by atoms with E-state index in [0.29, 0.717) is 11.3 Å². The monoisotopic (exact) mass is 277 g/mol. The van der Waals surface area contributed by atoms with E-state index in [1.54, 1.807) is 0 Å². The zero-order chi connectivity index (χ0) is 13.5. The topological polar surface area (TPSA) is 68.5 Å². The summed E-state index contributed by atoms with van der Waals surface area (Å²) in [6.45, 7) is 0. The van der Waals surface area contributed by atoms with E-state index in [0.717, 1.165) is 22.4 Å². The van der Waals surface area contributed by atoms with Gasteiger partial charge in [0.1, 0.15) is 17.5 Å². The van der Waals surface area contributed by atoms with Gasteiger partial charge >= 0.3 is 0 Å². The molecule has 6 heteroatoms. The number of anilines is 1. The number of nitrogens with one attached hydrogen (secondary N) is 1. The summed E-state index contributed by atoms with van der Waals surface area (Å²) in [6.07, 6.45) is 2.40. The zero-order valence-electron chi connectivity index (χ0n) is 10.1. The molecule has 19 heavy (non-hydrogen) atoms. The number of fused-ring (bicyclic) bond motifs is 3. The van der Waals surface area contributed by atoms with Crippen molar-refractivity contribution in [3.8, 4) is 0 Å². The Morgan fingerprint density at radius 3 is 2.68 bits per heavy atom. The van der Waals surface area contributed by atoms with Crippen LogP contribution in [0.1, 0.15) is 0 Å². The molecule has 0 amide bonds. The summed E-state index contributed by atoms with van der Waals surface area (Å²) in [6, 6.07) is 11.6. The third-order valence-corrected chi connectivity index (χ3v) is 3.15. The minimum atomic E-state index is -3.56. The maximum absolute atomic E-state index is 11.0. The fraction of sp³-hybridized carbons (Fsp3) is 0.0769. The van der Waals surface area contributed by atoms with Crippen molar-refractivity contribution in [3.63, 3.8) is 0 Å². The molecule has 3 rings (SSSR count). The van der Waals surface area contributed by atoms with E-state index in [1.807, 2.05) is 36.4 Å². The fourth-order valence-electron chi connectivity index (χ4n) is 1.96. The number of hydrogen-bond acceptors (Lipinski definition) is 5. The zero-order valence-corrected chi connectivity index (χ0v) is 10.9. The van der Waals surface area contributed by atoms with E-state index < -0.39 is 10.1 Å². The van der Waals surface area contributed by atoms with Gasteiger partial charge in [-0.15, -0.1) is 0 Å². The molecule has 98 valence electrons. The Morgan fingerprint density at radius 1 is 1.11 bits per heavy atom. The number of furan rings is 1. The lowest BCUT2D eigenvalue weighted by atomic mass is 10.1. The third-order valence-electron chi connectivity index (χ3n) is 2.77. The van der Waals surface area contributed by atoms with E-state index in [1.165, 1.54) is 6.26 Å². The van der Waals surface area contributed by atoms with Crippen LogP contribution in [0.25, 0.3) is 21.7 Å². The molecule has 0 bridgehead atoms. The Kier molecular flexibility index (Phi) is 2.69. The smallest absolute Gasteiger partial charge is 0.284 e. The molecule has 0 aliphatic carbocycles. The highest BCUT2D eigenvalue weighted by Crippen LogP contribution is 2.32. The van der Waals surface area contributed by atoms with Crippen LogP contribution in [0.5, 0.6) is 0 Å². The Bertz CT molecular complexity index is 851. The van der Waals surface area contributed by atoms with Crippen molar-refractivity contribution >= 4 is 37.5 Å². The molecule has 0 atom stereocenters. The Labute approximate surface area is 109 Å². The van der Waals surface area contributed by atoms with E-state index in [-0.39, 0.29) is 0 Å². The molecule has 0 fully saturated rings. The summed E-state index contributed by atoms with van der Waals surface area (Å²) < 4.78 is 32.0. The van der Waals surface area contributed by atoms with Gasteiger partial charge < -0.3 is 4.42 Å². The highest BCUT2D eigenvalue weighted by molar-refractivity contribution is 7.86. The molecule has 0 aliphatic rings. The van der Waals surface area contributed by atoms with Gasteiger partial charge in [-0.3, -0.25) is 0 Å². The molecule has 0 radical (unpaired) electrons. The van der Waals surface area contributed by atoms with Gasteiger partial charge in [-0.1, -0.05) is 30.3 Å². The van der Waals surface area contributed by atoms with Crippen LogP contribution in [0.3, 0.4) is 0 Å². The van der Waals surface area contributed by atoms with Gasteiger partial charge in [0.2, 0.25) is 0 Å². The van der Waals surface area contributed by atoms with Crippen molar-refractivity contribution in [1.29, 1.82) is 0 Å². The molecule has 1 heterocycles. The average Bonchev–Trinajstić information content (AvgIpc) is 2.79. The van der Waals surface area contributed by atoms with E-state index >= 15 is 0 Å². The van der Waals surface area contributed by atoms with Gasteiger partial charge in [-0.05, 0) is 11.5 Å². The van der Waals surface area contributed by atoms with E-state index in [4.69, 9.17) is 4.42 Å². The molecular formula is C13H11NO4S. The Morgan fingerprint density at radius 2 is 1.89 bits per heavy atom. The molecule has 2 aromatic carbocycles. The number of benzene rings is 2. The summed E-state index contributed by atoms with van der Waals surface area (Å²) in [7, 11) is -3.56. The quantitative estimate of drug-likeness (QED) is 0.745. The largest absolute Gasteiger partial charge is 0.461 e. The third kappa shape index (κ3) is 2.27. The predicted molar refractivity (Wildman–Crippen MR) is 73.3 cm³/mol. The van der Waals surface area contributed by atoms with Crippen molar-refractivity contribution in [3.05, 3.63) is 42.7 Å². The molecule has 3 aromatic rings. The van der Waals surface area contributed by atoms with Crippen LogP contribution in [0.4, 0.5) is 5.69 Å². The van der Waals surface area contributed by atoms with Gasteiger partial charge in [-0.25, -0.2) is 5.48 Å². The van der Waals surface area contributed by atoms with Crippen LogP contribution >= 0.6 is 0 Å². The highest BCUT2D eigenvalue weighted by Gasteiger charge is 2.11. The van der Waals surface area contributed by atoms with Crippen LogP contribution in [-0.4, -0.2) is 14.7 Å². The molecule has 1 aromatic heterocycles. The van der Waals surface area contributed by atoms with Gasteiger partial charge in [-0.2, -0.15) is 12.7 Å². The first-order valence-corrected chi connectivity index (χ1v) is 7.40. The number of hydrogen-bond donors (Lipinski definition) is 1. The standard InChI is InChI=1S/C13H11NO4S/c1-19(15,16)18-14-12-8-17-13-10-5-3-2-4-9(10)6-7-11(12)13/h2-8,14H,1H3. The van der Waals surface area contributed by atoms with Crippen LogP contribution in [-0.2, 0) is 14.4 Å². The molecule has 0 unspecified atom stereocenters. The van der Waals surface area contributed by atoms with Crippen molar-refractivity contribution in [2.45, 2.75) is 0 Å². The van der Waals surface area contributed by atoms with Crippen molar-refractivity contribution in [2.24, 2.45) is 0 Å². The second-order valence-electron chi connectivity index (χ2n) is 4.20. The lowest BCUT2D eigenvalue weighted by Crippen LogP contribution is -2.08. The normalized spacial score (nSPS) is 12.1. The van der Waals surface area contributed by atoms with Gasteiger partial charge in [0.05, 0.1) is 6.26 Å². The SMILES string of the molecule is CS(=O)(=O)ONc1coc2c1ccc1ccccc12. The van der Waals surface area contributed by atoms with Crippen molar-refractivity contribution in [1.82, 2.24) is 0 Å². The second-order valence-corrected chi connectivity index (χ2v) is 5.78. The van der Waals surface area contributed by atoms with Crippen LogP contribution in [0.2, 0.25) is 0 Å². The van der Waals surface area contributed by atoms with Gasteiger partial charge in [0.15, 0.2) is 0 Å². The maximum Gasteiger partial charge on any atom is 0.284 e. The van der Waals surface area contributed by atoms with Gasteiger partial charge in [0, 0.05) is 10.8 Å². The summed E-state index contributed by atoms with van der Waals surface area (Å²) in [5.41, 5.74) is 3.56.